The van der Waals surface area contributed by atoms with Crippen molar-refractivity contribution in [1.82, 2.24) is 4.57 Å². The Bertz CT molecular complexity index is 4700. The van der Waals surface area contributed by atoms with E-state index in [2.05, 4.69) is 400 Å². The van der Waals surface area contributed by atoms with Crippen LogP contribution in [-0.2, 0) is 59.6 Å². The van der Waals surface area contributed by atoms with Crippen molar-refractivity contribution in [2.24, 2.45) is 0 Å². The SMILES string of the molecule is CC(C)(C)c1ccc(C(C)(C)C)c(C(C)(C)C)c1.CC(C)(C)c1ccc(C(C)(C)C)c(C(C)(C)C)c1.CC(C)(C)c1ccc(C(C)(C)C)cc1.CC(C)(C)c1cccc2c3ccccc3n(-c3ccccc3)c12.CC(C)(C)c1ccccc1-c1ccccc1.[2H]c1c([2H])c([2H])c(-c2ccccc2C(C)(C)C)c([2H])c1[2H]. The van der Waals surface area contributed by atoms with Gasteiger partial charge in [-0.1, -0.05) is 453 Å². The molecule has 1 heteroatoms. The second kappa shape index (κ2) is 33.4. The lowest BCUT2D eigenvalue weighted by molar-refractivity contribution is 0.523. The van der Waals surface area contributed by atoms with Crippen LogP contribution in [0.25, 0.3) is 49.7 Å². The molecule has 10 aromatic carbocycles. The van der Waals surface area contributed by atoms with Crippen molar-refractivity contribution < 1.29 is 6.85 Å². The molecule has 1 heterocycles. The summed E-state index contributed by atoms with van der Waals surface area (Å²) in [6.45, 7) is 74.6. The van der Waals surface area contributed by atoms with Crippen molar-refractivity contribution in [1.29, 1.82) is 0 Å². The number of benzene rings is 10. The van der Waals surface area contributed by atoms with Gasteiger partial charge in [-0.25, -0.2) is 0 Å². The van der Waals surface area contributed by atoms with Gasteiger partial charge in [-0.2, -0.15) is 0 Å². The van der Waals surface area contributed by atoms with Crippen LogP contribution in [0.1, 0.15) is 297 Å². The van der Waals surface area contributed by atoms with Gasteiger partial charge in [0, 0.05) is 16.5 Å². The van der Waals surface area contributed by atoms with Gasteiger partial charge in [0.05, 0.1) is 17.9 Å². The molecule has 11 rings (SSSR count). The van der Waals surface area contributed by atoms with Crippen molar-refractivity contribution in [3.8, 4) is 27.9 Å². The predicted octanol–water partition coefficient (Wildman–Crippen LogP) is 30.8. The van der Waals surface area contributed by atoms with Gasteiger partial charge >= 0.3 is 0 Å². The van der Waals surface area contributed by atoms with E-state index in [0.717, 1.165) is 5.56 Å². The second-order valence-corrected chi connectivity index (χ2v) is 40.2. The lowest BCUT2D eigenvalue weighted by Crippen LogP contribution is -2.23. The summed E-state index contributed by atoms with van der Waals surface area (Å²) >= 11 is 0. The van der Waals surface area contributed by atoms with Crippen LogP contribution in [0.5, 0.6) is 0 Å². The Hall–Kier alpha value is -8.00. The molecule has 0 aliphatic carbocycles. The zero-order chi connectivity index (χ0) is 83.3. The van der Waals surface area contributed by atoms with Crippen molar-refractivity contribution in [2.75, 3.05) is 0 Å². The molecule has 0 unspecified atom stereocenters. The van der Waals surface area contributed by atoms with Crippen LogP contribution in [0.2, 0.25) is 0 Å². The maximum atomic E-state index is 8.10. The quantitative estimate of drug-likeness (QED) is 0.166. The van der Waals surface area contributed by atoms with Crippen LogP contribution in [-0.4, -0.2) is 4.57 Å². The fourth-order valence-electron chi connectivity index (χ4n) is 13.3. The molecule has 0 aliphatic rings. The zero-order valence-corrected chi connectivity index (χ0v) is 71.7. The van der Waals surface area contributed by atoms with E-state index in [1.807, 2.05) is 45.0 Å². The molecule has 1 nitrogen and oxygen atoms in total. The molecule has 560 valence electrons. The average Bonchev–Trinajstić information content (AvgIpc) is 1.56. The second-order valence-electron chi connectivity index (χ2n) is 40.2. The molecule has 0 saturated heterocycles. The zero-order valence-electron chi connectivity index (χ0n) is 76.7. The summed E-state index contributed by atoms with van der Waals surface area (Å²) in [5.41, 5.74) is 24.6. The van der Waals surface area contributed by atoms with Crippen molar-refractivity contribution in [3.05, 3.63) is 304 Å². The van der Waals surface area contributed by atoms with E-state index in [0.29, 0.717) is 5.56 Å². The highest BCUT2D eigenvalue weighted by atomic mass is 15.0. The summed E-state index contributed by atoms with van der Waals surface area (Å²) in [4.78, 5) is 0. The number of aromatic nitrogens is 1. The molecular formula is C104H139N. The number of hydrogen-bond donors (Lipinski definition) is 0. The first-order valence-electron chi connectivity index (χ1n) is 41.0. The first kappa shape index (κ1) is 78.1. The Morgan fingerprint density at radius 1 is 0.219 bits per heavy atom. The summed E-state index contributed by atoms with van der Waals surface area (Å²) in [7, 11) is 0. The highest BCUT2D eigenvalue weighted by Gasteiger charge is 2.30. The normalized spacial score (nSPS) is 13.3. The van der Waals surface area contributed by atoms with Crippen LogP contribution in [0.3, 0.4) is 0 Å². The van der Waals surface area contributed by atoms with Gasteiger partial charge in [0.2, 0.25) is 0 Å². The van der Waals surface area contributed by atoms with E-state index in [1.54, 1.807) is 0 Å². The third kappa shape index (κ3) is 23.7. The molecule has 1 aromatic heterocycles. The third-order valence-corrected chi connectivity index (χ3v) is 19.5. The minimum atomic E-state index is -0.359. The lowest BCUT2D eigenvalue weighted by Gasteiger charge is -2.32. The molecule has 0 saturated carbocycles. The van der Waals surface area contributed by atoms with Crippen LogP contribution < -0.4 is 0 Å². The molecule has 0 radical (unpaired) electrons. The molecule has 0 fully saturated rings. The Labute approximate surface area is 649 Å². The number of para-hydroxylation sites is 3. The lowest BCUT2D eigenvalue weighted by atomic mass is 9.73. The fourth-order valence-corrected chi connectivity index (χ4v) is 13.3. The Kier molecular flexibility index (Phi) is 24.9. The van der Waals surface area contributed by atoms with Crippen LogP contribution >= 0.6 is 0 Å². The maximum absolute atomic E-state index is 8.10. The van der Waals surface area contributed by atoms with E-state index < -0.39 is 0 Å². The molecule has 0 N–H and O–H groups in total. The number of fused-ring (bicyclic) bond motifs is 3. The van der Waals surface area contributed by atoms with Crippen LogP contribution in [0.4, 0.5) is 0 Å². The Morgan fingerprint density at radius 2 is 0.524 bits per heavy atom. The fraction of sp³-hybridized carbons (Fsp3) is 0.423. The molecule has 0 spiro atoms. The molecular weight excluding hydrogens is 1260 g/mol. The third-order valence-electron chi connectivity index (χ3n) is 19.5. The minimum absolute atomic E-state index is 0.0976. The Balaban J connectivity index is 0.000000208. The van der Waals surface area contributed by atoms with Crippen LogP contribution in [0, 0.1) is 0 Å². The first-order valence-corrected chi connectivity index (χ1v) is 38.5. The number of nitrogens with zero attached hydrogens (tertiary/aromatic N) is 1. The largest absolute Gasteiger partial charge is 0.309 e. The summed E-state index contributed by atoms with van der Waals surface area (Å²) in [5.74, 6) is 0. The first-order chi connectivity index (χ1) is 50.2. The summed E-state index contributed by atoms with van der Waals surface area (Å²) < 4.78 is 41.9. The predicted molar refractivity (Wildman–Crippen MR) is 470 cm³/mol. The molecule has 0 atom stereocenters. The van der Waals surface area contributed by atoms with Gasteiger partial charge in [0.1, 0.15) is 0 Å². The molecule has 105 heavy (non-hydrogen) atoms. The summed E-state index contributed by atoms with van der Waals surface area (Å²) in [6.07, 6.45) is 0. The van der Waals surface area contributed by atoms with Crippen molar-refractivity contribution in [3.63, 3.8) is 0 Å². The minimum Gasteiger partial charge on any atom is -0.309 e. The van der Waals surface area contributed by atoms with Gasteiger partial charge in [0.15, 0.2) is 0 Å². The van der Waals surface area contributed by atoms with Gasteiger partial charge < -0.3 is 4.57 Å². The maximum Gasteiger partial charge on any atom is 0.0629 e. The summed E-state index contributed by atoms with van der Waals surface area (Å²) in [5, 5.41) is 2.65. The molecule has 0 amide bonds. The Morgan fingerprint density at radius 3 is 0.895 bits per heavy atom. The van der Waals surface area contributed by atoms with Gasteiger partial charge in [-0.05, 0) is 161 Å². The highest BCUT2D eigenvalue weighted by molar-refractivity contribution is 6.10. The van der Waals surface area contributed by atoms with Crippen LogP contribution in [0.15, 0.2) is 243 Å². The number of hydrogen-bond acceptors (Lipinski definition) is 0. The van der Waals surface area contributed by atoms with Crippen molar-refractivity contribution >= 4 is 21.8 Å². The number of rotatable bonds is 3. The van der Waals surface area contributed by atoms with Gasteiger partial charge in [-0.3, -0.25) is 0 Å². The van der Waals surface area contributed by atoms with E-state index >= 15 is 0 Å². The summed E-state index contributed by atoms with van der Waals surface area (Å²) in [6, 6.07) is 74.6. The van der Waals surface area contributed by atoms with E-state index in [4.69, 9.17) is 6.85 Å². The van der Waals surface area contributed by atoms with E-state index in [1.165, 1.54) is 94.3 Å². The smallest absolute Gasteiger partial charge is 0.0629 e. The standard InChI is InChI=1S/C22H21N.2C18H30.2C16H18.C14H22/c1-22(2,3)19-14-9-13-18-17-12-7-8-15-20(17)23(21(18)19)16-10-5-4-6-11-16;2*1-16(2,3)13-10-11-14(17(4,5)6)15(12-13)18(7,8)9;2*1-16(2,3)15-12-8-7-11-14(15)13-9-5-4-6-10-13;1-13(2,3)11-7-9-12(10-8-11)14(4,5)6/h4-15H,1-3H3;2*10-12H,1-9H3;2*4-12H,1-3H3;7-10H,1-6H3/i;;;4D,5D,6D,9D,10D;;. The van der Waals surface area contributed by atoms with E-state index in [-0.39, 0.29) is 95.3 Å². The van der Waals surface area contributed by atoms with E-state index in [9.17, 15) is 0 Å². The molecule has 0 aliphatic heterocycles. The monoisotopic (exact) mass is 1410 g/mol. The molecule has 0 bridgehead atoms. The van der Waals surface area contributed by atoms with Crippen molar-refractivity contribution in [2.45, 2.75) is 288 Å². The van der Waals surface area contributed by atoms with Gasteiger partial charge in [0.25, 0.3) is 0 Å². The van der Waals surface area contributed by atoms with Gasteiger partial charge in [-0.15, -0.1) is 0 Å². The average molecular weight is 1410 g/mol. The topological polar surface area (TPSA) is 4.93 Å². The highest BCUT2D eigenvalue weighted by Crippen LogP contribution is 2.42. The molecule has 11 aromatic rings.